The molecule has 2 rings (SSSR count). The quantitative estimate of drug-likeness (QED) is 0.822. The highest BCUT2D eigenvalue weighted by atomic mass is 16.5. The second-order valence-electron chi connectivity index (χ2n) is 5.36. The molecule has 1 fully saturated rings. The van der Waals surface area contributed by atoms with Crippen molar-refractivity contribution in [3.63, 3.8) is 0 Å². The van der Waals surface area contributed by atoms with Crippen LogP contribution in [-0.4, -0.2) is 19.6 Å². The van der Waals surface area contributed by atoms with E-state index in [9.17, 15) is 4.79 Å². The van der Waals surface area contributed by atoms with Crippen molar-refractivity contribution in [1.82, 2.24) is 5.32 Å². The first-order valence-corrected chi connectivity index (χ1v) is 6.77. The molecule has 1 aromatic carbocycles. The van der Waals surface area contributed by atoms with Gasteiger partial charge in [0.1, 0.15) is 5.75 Å². The number of nitrogens with one attached hydrogen (secondary N) is 1. The van der Waals surface area contributed by atoms with Crippen molar-refractivity contribution >= 4 is 5.91 Å². The summed E-state index contributed by atoms with van der Waals surface area (Å²) < 4.78 is 5.16. The van der Waals surface area contributed by atoms with E-state index in [-0.39, 0.29) is 11.3 Å². The monoisotopic (exact) mass is 262 g/mol. The summed E-state index contributed by atoms with van der Waals surface area (Å²) in [6.07, 6.45) is 3.90. The van der Waals surface area contributed by atoms with Crippen LogP contribution in [0, 0.1) is 5.41 Å². The van der Waals surface area contributed by atoms with Crippen molar-refractivity contribution in [2.24, 2.45) is 11.1 Å². The standard InChI is InChI=1S/C15H22N2O2/c1-19-13-5-2-4-12(8-13)10-17-14(18)9-15(11-16)6-3-7-15/h2,4-5,8H,3,6-7,9-11,16H2,1H3,(H,17,18). The predicted molar refractivity (Wildman–Crippen MR) is 74.8 cm³/mol. The van der Waals surface area contributed by atoms with Crippen molar-refractivity contribution in [1.29, 1.82) is 0 Å². The number of nitrogens with two attached hydrogens (primary N) is 1. The molecule has 104 valence electrons. The van der Waals surface area contributed by atoms with Crippen LogP contribution in [-0.2, 0) is 11.3 Å². The van der Waals surface area contributed by atoms with E-state index in [4.69, 9.17) is 10.5 Å². The number of benzene rings is 1. The minimum absolute atomic E-state index is 0.0679. The number of hydrogen-bond donors (Lipinski definition) is 2. The maximum absolute atomic E-state index is 11.9. The van der Waals surface area contributed by atoms with Crippen molar-refractivity contribution in [2.45, 2.75) is 32.2 Å². The van der Waals surface area contributed by atoms with Gasteiger partial charge in [0.05, 0.1) is 7.11 Å². The average Bonchev–Trinajstić information content (AvgIpc) is 2.41. The minimum atomic E-state index is 0.0679. The first-order chi connectivity index (χ1) is 9.17. The molecule has 19 heavy (non-hydrogen) atoms. The van der Waals surface area contributed by atoms with Gasteiger partial charge >= 0.3 is 0 Å². The van der Waals surface area contributed by atoms with E-state index in [0.717, 1.165) is 24.2 Å². The number of methoxy groups -OCH3 is 1. The molecule has 0 saturated heterocycles. The molecule has 0 aliphatic heterocycles. The Morgan fingerprint density at radius 1 is 1.47 bits per heavy atom. The molecule has 0 bridgehead atoms. The van der Waals surface area contributed by atoms with E-state index in [1.807, 2.05) is 24.3 Å². The van der Waals surface area contributed by atoms with Gasteiger partial charge in [-0.25, -0.2) is 0 Å². The zero-order valence-corrected chi connectivity index (χ0v) is 11.4. The highest BCUT2D eigenvalue weighted by Gasteiger charge is 2.37. The molecule has 3 N–H and O–H groups in total. The smallest absolute Gasteiger partial charge is 0.220 e. The third-order valence-electron chi connectivity index (χ3n) is 4.01. The van der Waals surface area contributed by atoms with Crippen molar-refractivity contribution < 1.29 is 9.53 Å². The molecule has 0 spiro atoms. The van der Waals surface area contributed by atoms with Gasteiger partial charge in [0.15, 0.2) is 0 Å². The summed E-state index contributed by atoms with van der Waals surface area (Å²) in [6, 6.07) is 7.73. The number of rotatable bonds is 6. The normalized spacial score (nSPS) is 16.5. The highest BCUT2D eigenvalue weighted by Crippen LogP contribution is 2.42. The van der Waals surface area contributed by atoms with E-state index in [0.29, 0.717) is 19.5 Å². The molecule has 0 unspecified atom stereocenters. The Labute approximate surface area is 114 Å². The van der Waals surface area contributed by atoms with E-state index < -0.39 is 0 Å². The van der Waals surface area contributed by atoms with E-state index in [1.54, 1.807) is 7.11 Å². The Kier molecular flexibility index (Phi) is 4.43. The van der Waals surface area contributed by atoms with Gasteiger partial charge in [-0.15, -0.1) is 0 Å². The summed E-state index contributed by atoms with van der Waals surface area (Å²) in [5.74, 6) is 0.900. The van der Waals surface area contributed by atoms with Crippen LogP contribution in [0.5, 0.6) is 5.75 Å². The van der Waals surface area contributed by atoms with Crippen LogP contribution in [0.15, 0.2) is 24.3 Å². The van der Waals surface area contributed by atoms with Crippen LogP contribution in [0.3, 0.4) is 0 Å². The van der Waals surface area contributed by atoms with E-state index in [2.05, 4.69) is 5.32 Å². The zero-order chi connectivity index (χ0) is 13.7. The van der Waals surface area contributed by atoms with Crippen molar-refractivity contribution in [3.8, 4) is 5.75 Å². The third kappa shape index (κ3) is 3.47. The lowest BCUT2D eigenvalue weighted by Crippen LogP contribution is -2.41. The minimum Gasteiger partial charge on any atom is -0.497 e. The molecule has 0 heterocycles. The first kappa shape index (κ1) is 13.9. The fourth-order valence-corrected chi connectivity index (χ4v) is 2.52. The number of carbonyl (C=O) groups is 1. The summed E-state index contributed by atoms with van der Waals surface area (Å²) in [7, 11) is 1.64. The molecule has 0 radical (unpaired) electrons. The van der Waals surface area contributed by atoms with Crippen LogP contribution >= 0.6 is 0 Å². The highest BCUT2D eigenvalue weighted by molar-refractivity contribution is 5.76. The van der Waals surface area contributed by atoms with Crippen LogP contribution in [0.2, 0.25) is 0 Å². The maximum atomic E-state index is 11.9. The Morgan fingerprint density at radius 2 is 2.26 bits per heavy atom. The fourth-order valence-electron chi connectivity index (χ4n) is 2.52. The maximum Gasteiger partial charge on any atom is 0.220 e. The molecular formula is C15H22N2O2. The molecule has 1 aliphatic rings. The summed E-state index contributed by atoms with van der Waals surface area (Å²) in [6.45, 7) is 1.15. The second kappa shape index (κ2) is 6.06. The molecule has 1 saturated carbocycles. The molecule has 0 atom stereocenters. The van der Waals surface area contributed by atoms with Gasteiger partial charge < -0.3 is 15.8 Å². The summed E-state index contributed by atoms with van der Waals surface area (Å²) in [4.78, 5) is 11.9. The Bertz CT molecular complexity index is 436. The van der Waals surface area contributed by atoms with Crippen LogP contribution < -0.4 is 15.8 Å². The topological polar surface area (TPSA) is 64.3 Å². The van der Waals surface area contributed by atoms with E-state index in [1.165, 1.54) is 6.42 Å². The summed E-state index contributed by atoms with van der Waals surface area (Å²) in [5.41, 5.74) is 6.88. The summed E-state index contributed by atoms with van der Waals surface area (Å²) in [5, 5.41) is 2.96. The summed E-state index contributed by atoms with van der Waals surface area (Å²) >= 11 is 0. The number of amides is 1. The average molecular weight is 262 g/mol. The van der Waals surface area contributed by atoms with Gasteiger partial charge in [-0.2, -0.15) is 0 Å². The molecular weight excluding hydrogens is 240 g/mol. The lowest BCUT2D eigenvalue weighted by molar-refractivity contribution is -0.124. The molecule has 1 aliphatic carbocycles. The van der Waals surface area contributed by atoms with Crippen LogP contribution in [0.1, 0.15) is 31.2 Å². The van der Waals surface area contributed by atoms with Crippen molar-refractivity contribution in [2.75, 3.05) is 13.7 Å². The van der Waals surface area contributed by atoms with Crippen molar-refractivity contribution in [3.05, 3.63) is 29.8 Å². The Hall–Kier alpha value is -1.55. The van der Waals surface area contributed by atoms with Gasteiger partial charge in [-0.05, 0) is 42.5 Å². The van der Waals surface area contributed by atoms with Gasteiger partial charge in [0.2, 0.25) is 5.91 Å². The number of hydrogen-bond acceptors (Lipinski definition) is 3. The number of ether oxygens (including phenoxy) is 1. The first-order valence-electron chi connectivity index (χ1n) is 6.77. The SMILES string of the molecule is COc1cccc(CNC(=O)CC2(CN)CCC2)c1. The molecule has 1 aromatic rings. The lowest BCUT2D eigenvalue weighted by Gasteiger charge is -2.40. The van der Waals surface area contributed by atoms with Crippen LogP contribution in [0.25, 0.3) is 0 Å². The largest absolute Gasteiger partial charge is 0.497 e. The van der Waals surface area contributed by atoms with Gasteiger partial charge in [0, 0.05) is 13.0 Å². The van der Waals surface area contributed by atoms with E-state index >= 15 is 0 Å². The Morgan fingerprint density at radius 3 is 2.84 bits per heavy atom. The number of carbonyl (C=O) groups excluding carboxylic acids is 1. The fraction of sp³-hybridized carbons (Fsp3) is 0.533. The molecule has 0 aromatic heterocycles. The van der Waals surface area contributed by atoms with Gasteiger partial charge in [-0.1, -0.05) is 18.6 Å². The van der Waals surface area contributed by atoms with Crippen LogP contribution in [0.4, 0.5) is 0 Å². The van der Waals surface area contributed by atoms with Gasteiger partial charge in [-0.3, -0.25) is 4.79 Å². The Balaban J connectivity index is 1.82. The lowest BCUT2D eigenvalue weighted by atomic mass is 9.66. The molecule has 4 heteroatoms. The molecule has 1 amide bonds. The van der Waals surface area contributed by atoms with Gasteiger partial charge in [0.25, 0.3) is 0 Å². The zero-order valence-electron chi connectivity index (χ0n) is 11.4. The third-order valence-corrected chi connectivity index (χ3v) is 4.01. The molecule has 4 nitrogen and oxygen atoms in total. The predicted octanol–water partition coefficient (Wildman–Crippen LogP) is 1.83. The second-order valence-corrected chi connectivity index (χ2v) is 5.36.